The van der Waals surface area contributed by atoms with Gasteiger partial charge in [0.15, 0.2) is 18.9 Å². The number of nitrogens with zero attached hydrogens (tertiary/aromatic N) is 2. The topological polar surface area (TPSA) is 42.8 Å². The predicted molar refractivity (Wildman–Crippen MR) is 86.4 cm³/mol. The number of benzene rings is 1. The molecule has 0 bridgehead atoms. The number of rotatable bonds is 4. The standard InChI is InChI=1S/C18H18N3/c19-10-14-21-12-8-15(9-13-21)5-6-16-7-11-20-18-4-2-1-3-17(16)18/h1-9,11-13H,10,14,19H2/q+1/b6-5+. The van der Waals surface area contributed by atoms with Gasteiger partial charge in [-0.05, 0) is 23.3 Å². The molecule has 0 fully saturated rings. The highest BCUT2D eigenvalue weighted by Crippen LogP contribution is 2.18. The quantitative estimate of drug-likeness (QED) is 0.744. The Kier molecular flexibility index (Phi) is 4.03. The third-order valence-corrected chi connectivity index (χ3v) is 3.44. The van der Waals surface area contributed by atoms with Crippen molar-refractivity contribution in [2.24, 2.45) is 5.73 Å². The molecule has 0 aliphatic rings. The Morgan fingerprint density at radius 2 is 1.81 bits per heavy atom. The van der Waals surface area contributed by atoms with E-state index in [0.717, 1.165) is 12.1 Å². The molecular formula is C18H18N3+. The van der Waals surface area contributed by atoms with Crippen LogP contribution in [0.5, 0.6) is 0 Å². The van der Waals surface area contributed by atoms with Crippen LogP contribution in [0.2, 0.25) is 0 Å². The molecule has 2 heterocycles. The van der Waals surface area contributed by atoms with Crippen molar-refractivity contribution < 1.29 is 4.57 Å². The van der Waals surface area contributed by atoms with E-state index in [4.69, 9.17) is 5.73 Å². The van der Waals surface area contributed by atoms with Crippen molar-refractivity contribution >= 4 is 23.1 Å². The largest absolute Gasteiger partial charge is 0.325 e. The van der Waals surface area contributed by atoms with Gasteiger partial charge >= 0.3 is 0 Å². The van der Waals surface area contributed by atoms with Crippen LogP contribution in [0.1, 0.15) is 11.1 Å². The maximum absolute atomic E-state index is 5.55. The number of aromatic nitrogens is 2. The monoisotopic (exact) mass is 276 g/mol. The molecule has 0 saturated carbocycles. The molecule has 2 aromatic heterocycles. The van der Waals surface area contributed by atoms with E-state index >= 15 is 0 Å². The van der Waals surface area contributed by atoms with Gasteiger partial charge in [0.2, 0.25) is 0 Å². The Labute approximate surface area is 124 Å². The highest BCUT2D eigenvalue weighted by molar-refractivity contribution is 5.90. The summed E-state index contributed by atoms with van der Waals surface area (Å²) in [5.41, 5.74) is 8.92. The fraction of sp³-hybridized carbons (Fsp3) is 0.111. The molecule has 0 amide bonds. The second-order valence-electron chi connectivity index (χ2n) is 4.91. The summed E-state index contributed by atoms with van der Waals surface area (Å²) in [5, 5.41) is 1.17. The van der Waals surface area contributed by atoms with E-state index in [0.29, 0.717) is 6.54 Å². The molecule has 3 aromatic rings. The van der Waals surface area contributed by atoms with E-state index in [-0.39, 0.29) is 0 Å². The SMILES string of the molecule is NCC[n+]1ccc(/C=C/c2ccnc3ccccc23)cc1. The molecule has 0 saturated heterocycles. The van der Waals surface area contributed by atoms with E-state index in [1.807, 2.05) is 30.5 Å². The zero-order chi connectivity index (χ0) is 14.5. The predicted octanol–water partition coefficient (Wildman–Crippen LogP) is 2.65. The minimum atomic E-state index is 0.656. The van der Waals surface area contributed by atoms with E-state index in [1.165, 1.54) is 16.5 Å². The highest BCUT2D eigenvalue weighted by Gasteiger charge is 1.99. The van der Waals surface area contributed by atoms with E-state index in [1.54, 1.807) is 0 Å². The third kappa shape index (κ3) is 3.15. The number of para-hydroxylation sites is 1. The lowest BCUT2D eigenvalue weighted by Gasteiger charge is -2.00. The Bertz CT molecular complexity index is 756. The second-order valence-corrected chi connectivity index (χ2v) is 4.91. The van der Waals surface area contributed by atoms with Gasteiger partial charge < -0.3 is 5.73 Å². The zero-order valence-corrected chi connectivity index (χ0v) is 11.8. The fourth-order valence-corrected chi connectivity index (χ4v) is 2.33. The van der Waals surface area contributed by atoms with E-state index < -0.39 is 0 Å². The second kappa shape index (κ2) is 6.29. The van der Waals surface area contributed by atoms with Gasteiger partial charge in [-0.2, -0.15) is 0 Å². The minimum absolute atomic E-state index is 0.656. The molecule has 0 aliphatic carbocycles. The van der Waals surface area contributed by atoms with Gasteiger partial charge in [-0.15, -0.1) is 0 Å². The number of fused-ring (bicyclic) bond motifs is 1. The van der Waals surface area contributed by atoms with Crippen LogP contribution in [0, 0.1) is 0 Å². The van der Waals surface area contributed by atoms with Gasteiger partial charge in [0.1, 0.15) is 0 Å². The van der Waals surface area contributed by atoms with Crippen molar-refractivity contribution in [3.05, 3.63) is 72.2 Å². The first-order valence-corrected chi connectivity index (χ1v) is 7.08. The van der Waals surface area contributed by atoms with Gasteiger partial charge in [0.05, 0.1) is 12.1 Å². The molecule has 0 radical (unpaired) electrons. The van der Waals surface area contributed by atoms with Crippen molar-refractivity contribution in [2.45, 2.75) is 6.54 Å². The molecule has 3 heteroatoms. The molecule has 3 rings (SSSR count). The van der Waals surface area contributed by atoms with Crippen LogP contribution in [-0.2, 0) is 6.54 Å². The maximum Gasteiger partial charge on any atom is 0.169 e. The average Bonchev–Trinajstić information content (AvgIpc) is 2.54. The van der Waals surface area contributed by atoms with Crippen LogP contribution < -0.4 is 10.3 Å². The smallest absolute Gasteiger partial charge is 0.169 e. The minimum Gasteiger partial charge on any atom is -0.325 e. The first kappa shape index (κ1) is 13.5. The number of hydrogen-bond donors (Lipinski definition) is 1. The Morgan fingerprint density at radius 1 is 1.00 bits per heavy atom. The van der Waals surface area contributed by atoms with Crippen molar-refractivity contribution in [3.63, 3.8) is 0 Å². The summed E-state index contributed by atoms with van der Waals surface area (Å²) in [6.07, 6.45) is 10.2. The van der Waals surface area contributed by atoms with Gasteiger partial charge in [-0.1, -0.05) is 30.4 Å². The summed E-state index contributed by atoms with van der Waals surface area (Å²) in [7, 11) is 0. The highest BCUT2D eigenvalue weighted by atomic mass is 14.9. The summed E-state index contributed by atoms with van der Waals surface area (Å²) in [6.45, 7) is 1.50. The lowest BCUT2D eigenvalue weighted by molar-refractivity contribution is -0.694. The molecule has 0 aliphatic heterocycles. The first-order chi connectivity index (χ1) is 10.4. The summed E-state index contributed by atoms with van der Waals surface area (Å²) < 4.78 is 2.08. The summed E-state index contributed by atoms with van der Waals surface area (Å²) in [6, 6.07) is 14.4. The van der Waals surface area contributed by atoms with Crippen LogP contribution >= 0.6 is 0 Å². The molecule has 0 spiro atoms. The molecule has 1 aromatic carbocycles. The Morgan fingerprint density at radius 3 is 2.62 bits per heavy atom. The fourth-order valence-electron chi connectivity index (χ4n) is 2.33. The lowest BCUT2D eigenvalue weighted by atomic mass is 10.1. The van der Waals surface area contributed by atoms with Crippen molar-refractivity contribution in [1.82, 2.24) is 4.98 Å². The number of nitrogens with two attached hydrogens (primary N) is 1. The molecule has 0 atom stereocenters. The number of hydrogen-bond acceptors (Lipinski definition) is 2. The Balaban J connectivity index is 1.87. The van der Waals surface area contributed by atoms with Crippen LogP contribution in [0.25, 0.3) is 23.1 Å². The molecule has 0 unspecified atom stereocenters. The van der Waals surface area contributed by atoms with Crippen LogP contribution in [-0.4, -0.2) is 11.5 Å². The Hall–Kier alpha value is -2.52. The summed E-state index contributed by atoms with van der Waals surface area (Å²) in [5.74, 6) is 0. The molecule has 104 valence electrons. The normalized spacial score (nSPS) is 11.3. The third-order valence-electron chi connectivity index (χ3n) is 3.44. The van der Waals surface area contributed by atoms with Gasteiger partial charge in [-0.25, -0.2) is 4.57 Å². The van der Waals surface area contributed by atoms with Crippen molar-refractivity contribution in [3.8, 4) is 0 Å². The van der Waals surface area contributed by atoms with Crippen LogP contribution in [0.4, 0.5) is 0 Å². The van der Waals surface area contributed by atoms with Gasteiger partial charge in [0.25, 0.3) is 0 Å². The van der Waals surface area contributed by atoms with E-state index in [9.17, 15) is 0 Å². The lowest BCUT2D eigenvalue weighted by Crippen LogP contribution is -2.36. The van der Waals surface area contributed by atoms with Gasteiger partial charge in [0, 0.05) is 23.7 Å². The van der Waals surface area contributed by atoms with Gasteiger partial charge in [-0.3, -0.25) is 4.98 Å². The summed E-state index contributed by atoms with van der Waals surface area (Å²) in [4.78, 5) is 4.38. The van der Waals surface area contributed by atoms with E-state index in [2.05, 4.69) is 52.3 Å². The number of pyridine rings is 2. The average molecular weight is 276 g/mol. The molecule has 21 heavy (non-hydrogen) atoms. The maximum atomic E-state index is 5.55. The van der Waals surface area contributed by atoms with Crippen LogP contribution in [0.3, 0.4) is 0 Å². The molecular weight excluding hydrogens is 258 g/mol. The first-order valence-electron chi connectivity index (χ1n) is 7.08. The zero-order valence-electron chi connectivity index (χ0n) is 11.8. The van der Waals surface area contributed by atoms with Crippen LogP contribution in [0.15, 0.2) is 61.1 Å². The van der Waals surface area contributed by atoms with Crippen molar-refractivity contribution in [2.75, 3.05) is 6.54 Å². The molecule has 3 nitrogen and oxygen atoms in total. The van der Waals surface area contributed by atoms with Crippen molar-refractivity contribution in [1.29, 1.82) is 0 Å². The molecule has 2 N–H and O–H groups in total. The summed E-state index contributed by atoms with van der Waals surface area (Å²) >= 11 is 0.